The molecule has 1 aromatic carbocycles. The van der Waals surface area contributed by atoms with E-state index in [1.807, 2.05) is 56.0 Å². The van der Waals surface area contributed by atoms with E-state index in [0.717, 1.165) is 11.3 Å². The van der Waals surface area contributed by atoms with Gasteiger partial charge in [0.25, 0.3) is 5.91 Å². The third-order valence-electron chi connectivity index (χ3n) is 3.25. The zero-order valence-electron chi connectivity index (χ0n) is 12.5. The van der Waals surface area contributed by atoms with Crippen molar-refractivity contribution in [3.8, 4) is 0 Å². The van der Waals surface area contributed by atoms with Crippen molar-refractivity contribution in [3.05, 3.63) is 64.4 Å². The molecule has 1 heterocycles. The van der Waals surface area contributed by atoms with Gasteiger partial charge < -0.3 is 4.90 Å². The molecular formula is C17H19ClN2O. The Morgan fingerprint density at radius 2 is 1.90 bits per heavy atom. The number of benzene rings is 1. The highest BCUT2D eigenvalue weighted by Crippen LogP contribution is 2.16. The zero-order chi connectivity index (χ0) is 15.4. The number of carbonyl (C=O) groups is 1. The van der Waals surface area contributed by atoms with Crippen LogP contribution in [0.4, 0.5) is 0 Å². The van der Waals surface area contributed by atoms with Gasteiger partial charge in [0.05, 0.1) is 0 Å². The van der Waals surface area contributed by atoms with Crippen molar-refractivity contribution in [2.45, 2.75) is 33.4 Å². The second-order valence-electron chi connectivity index (χ2n) is 5.33. The van der Waals surface area contributed by atoms with Gasteiger partial charge in [0.15, 0.2) is 0 Å². The molecule has 2 aromatic rings. The molecule has 0 bridgehead atoms. The number of aromatic nitrogens is 1. The summed E-state index contributed by atoms with van der Waals surface area (Å²) in [5.74, 6) is -0.0266. The molecule has 3 nitrogen and oxygen atoms in total. The molecule has 0 fully saturated rings. The van der Waals surface area contributed by atoms with E-state index >= 15 is 0 Å². The summed E-state index contributed by atoms with van der Waals surface area (Å²) in [6, 6.07) is 13.5. The minimum Gasteiger partial charge on any atom is -0.332 e. The second-order valence-corrected chi connectivity index (χ2v) is 5.72. The highest BCUT2D eigenvalue weighted by atomic mass is 35.5. The smallest absolute Gasteiger partial charge is 0.254 e. The maximum atomic E-state index is 12.7. The van der Waals surface area contributed by atoms with Gasteiger partial charge in [-0.3, -0.25) is 4.79 Å². The van der Waals surface area contributed by atoms with E-state index in [4.69, 9.17) is 11.6 Å². The molecule has 0 aliphatic rings. The zero-order valence-corrected chi connectivity index (χ0v) is 13.3. The molecule has 110 valence electrons. The SMILES string of the molecule is Cc1cc(C(=O)N(Cc2ccccc2)C(C)C)cc(Cl)n1. The Balaban J connectivity index is 2.27. The van der Waals surface area contributed by atoms with Crippen molar-refractivity contribution in [1.82, 2.24) is 9.88 Å². The predicted molar refractivity (Wildman–Crippen MR) is 85.4 cm³/mol. The highest BCUT2D eigenvalue weighted by Gasteiger charge is 2.20. The molecule has 0 aliphatic heterocycles. The van der Waals surface area contributed by atoms with E-state index in [9.17, 15) is 4.79 Å². The third kappa shape index (κ3) is 4.05. The molecule has 2 rings (SSSR count). The van der Waals surface area contributed by atoms with Crippen LogP contribution in [0.1, 0.15) is 35.5 Å². The highest BCUT2D eigenvalue weighted by molar-refractivity contribution is 6.29. The fourth-order valence-electron chi connectivity index (χ4n) is 2.19. The van der Waals surface area contributed by atoms with Crippen molar-refractivity contribution in [2.75, 3.05) is 0 Å². The predicted octanol–water partition coefficient (Wildman–Crippen LogP) is 4.09. The molecule has 0 saturated heterocycles. The minimum atomic E-state index is -0.0266. The summed E-state index contributed by atoms with van der Waals surface area (Å²) in [7, 11) is 0. The minimum absolute atomic E-state index is 0.0266. The number of amides is 1. The van der Waals surface area contributed by atoms with Gasteiger partial charge in [-0.05, 0) is 38.5 Å². The molecule has 0 atom stereocenters. The van der Waals surface area contributed by atoms with Crippen LogP contribution in [0, 0.1) is 6.92 Å². The first-order valence-corrected chi connectivity index (χ1v) is 7.34. The normalized spacial score (nSPS) is 10.7. The van der Waals surface area contributed by atoms with Gasteiger partial charge in [-0.1, -0.05) is 41.9 Å². The van der Waals surface area contributed by atoms with Crippen LogP contribution in [0.2, 0.25) is 5.15 Å². The number of nitrogens with zero attached hydrogens (tertiary/aromatic N) is 2. The number of halogens is 1. The number of rotatable bonds is 4. The van der Waals surface area contributed by atoms with Crippen LogP contribution in [-0.2, 0) is 6.54 Å². The van der Waals surface area contributed by atoms with Crippen LogP contribution in [0.25, 0.3) is 0 Å². The Morgan fingerprint density at radius 3 is 2.48 bits per heavy atom. The Kier molecular flexibility index (Phi) is 4.97. The van der Waals surface area contributed by atoms with E-state index < -0.39 is 0 Å². The van der Waals surface area contributed by atoms with Gasteiger partial charge in [0, 0.05) is 23.8 Å². The summed E-state index contributed by atoms with van der Waals surface area (Å²) in [5, 5.41) is 0.349. The van der Waals surface area contributed by atoms with E-state index in [-0.39, 0.29) is 11.9 Å². The monoisotopic (exact) mass is 302 g/mol. The molecule has 0 saturated carbocycles. The molecule has 1 aromatic heterocycles. The van der Waals surface area contributed by atoms with E-state index in [0.29, 0.717) is 17.3 Å². The lowest BCUT2D eigenvalue weighted by Gasteiger charge is -2.27. The Morgan fingerprint density at radius 1 is 1.24 bits per heavy atom. The van der Waals surface area contributed by atoms with Crippen molar-refractivity contribution < 1.29 is 4.79 Å². The Hall–Kier alpha value is -1.87. The first-order valence-electron chi connectivity index (χ1n) is 6.96. The summed E-state index contributed by atoms with van der Waals surface area (Å²) in [6.07, 6.45) is 0. The number of aryl methyl sites for hydroxylation is 1. The Bertz CT molecular complexity index is 606. The van der Waals surface area contributed by atoms with Crippen molar-refractivity contribution in [3.63, 3.8) is 0 Å². The van der Waals surface area contributed by atoms with Crippen LogP contribution in [0.3, 0.4) is 0 Å². The lowest BCUT2D eigenvalue weighted by atomic mass is 10.1. The fourth-order valence-corrected chi connectivity index (χ4v) is 2.44. The van der Waals surface area contributed by atoms with Crippen molar-refractivity contribution in [1.29, 1.82) is 0 Å². The molecule has 1 amide bonds. The van der Waals surface area contributed by atoms with E-state index in [2.05, 4.69) is 4.98 Å². The average molecular weight is 303 g/mol. The first-order chi connectivity index (χ1) is 9.97. The molecule has 0 radical (unpaired) electrons. The van der Waals surface area contributed by atoms with E-state index in [1.54, 1.807) is 12.1 Å². The number of hydrogen-bond donors (Lipinski definition) is 0. The van der Waals surface area contributed by atoms with Crippen LogP contribution < -0.4 is 0 Å². The fraction of sp³-hybridized carbons (Fsp3) is 0.294. The number of carbonyl (C=O) groups excluding carboxylic acids is 1. The first kappa shape index (κ1) is 15.5. The topological polar surface area (TPSA) is 33.2 Å². The van der Waals surface area contributed by atoms with Crippen molar-refractivity contribution >= 4 is 17.5 Å². The van der Waals surface area contributed by atoms with Gasteiger partial charge in [-0.2, -0.15) is 0 Å². The van der Waals surface area contributed by atoms with Crippen LogP contribution in [-0.4, -0.2) is 21.8 Å². The summed E-state index contributed by atoms with van der Waals surface area (Å²) in [4.78, 5) is 18.7. The quantitative estimate of drug-likeness (QED) is 0.797. The third-order valence-corrected chi connectivity index (χ3v) is 3.44. The van der Waals surface area contributed by atoms with Gasteiger partial charge in [-0.15, -0.1) is 0 Å². The van der Waals surface area contributed by atoms with Crippen LogP contribution >= 0.6 is 11.6 Å². The van der Waals surface area contributed by atoms with Crippen LogP contribution in [0.5, 0.6) is 0 Å². The van der Waals surface area contributed by atoms with Gasteiger partial charge >= 0.3 is 0 Å². The number of pyridine rings is 1. The molecular weight excluding hydrogens is 284 g/mol. The van der Waals surface area contributed by atoms with Crippen LogP contribution in [0.15, 0.2) is 42.5 Å². The summed E-state index contributed by atoms with van der Waals surface area (Å²) in [5.41, 5.74) is 2.43. The molecule has 0 unspecified atom stereocenters. The largest absolute Gasteiger partial charge is 0.332 e. The van der Waals surface area contributed by atoms with Gasteiger partial charge in [-0.25, -0.2) is 4.98 Å². The summed E-state index contributed by atoms with van der Waals surface area (Å²) in [6.45, 7) is 6.43. The Labute approximate surface area is 130 Å². The molecule has 0 spiro atoms. The number of hydrogen-bond acceptors (Lipinski definition) is 2. The van der Waals surface area contributed by atoms with Crippen molar-refractivity contribution in [2.24, 2.45) is 0 Å². The maximum absolute atomic E-state index is 12.7. The molecule has 21 heavy (non-hydrogen) atoms. The molecule has 4 heteroatoms. The van der Waals surface area contributed by atoms with Gasteiger partial charge in [0.1, 0.15) is 5.15 Å². The van der Waals surface area contributed by atoms with E-state index in [1.165, 1.54) is 0 Å². The molecule has 0 aliphatic carbocycles. The average Bonchev–Trinajstić information content (AvgIpc) is 2.44. The molecule has 0 N–H and O–H groups in total. The summed E-state index contributed by atoms with van der Waals surface area (Å²) < 4.78 is 0. The van der Waals surface area contributed by atoms with Gasteiger partial charge in [0.2, 0.25) is 0 Å². The summed E-state index contributed by atoms with van der Waals surface area (Å²) >= 11 is 5.96. The lowest BCUT2D eigenvalue weighted by Crippen LogP contribution is -2.36. The standard InChI is InChI=1S/C17H19ClN2O/c1-12(2)20(11-14-7-5-4-6-8-14)17(21)15-9-13(3)19-16(18)10-15/h4-10,12H,11H2,1-3H3. The maximum Gasteiger partial charge on any atom is 0.254 e. The second kappa shape index (κ2) is 6.72. The lowest BCUT2D eigenvalue weighted by molar-refractivity contribution is 0.0690.